The van der Waals surface area contributed by atoms with Crippen molar-refractivity contribution in [3.05, 3.63) is 60.6 Å². The molecule has 2 aromatic heterocycles. The standard InChI is InChI=1S/C20H22N4O/c25-20(8-7-15-12-22-19-6-2-1-5-18(15)19)24-11-9-17(14-24)23-16-4-3-10-21-13-16/h1-6,10,12-13,17,22-23H,7-9,11,14H2/t17-/m1/s1. The van der Waals surface area contributed by atoms with Gasteiger partial charge in [-0.15, -0.1) is 0 Å². The minimum absolute atomic E-state index is 0.237. The summed E-state index contributed by atoms with van der Waals surface area (Å²) >= 11 is 0. The number of amides is 1. The molecule has 1 aliphatic rings. The number of carbonyl (C=O) groups excluding carboxylic acids is 1. The number of para-hydroxylation sites is 1. The van der Waals surface area contributed by atoms with Crippen LogP contribution in [0.3, 0.4) is 0 Å². The summed E-state index contributed by atoms with van der Waals surface area (Å²) in [6.07, 6.45) is 7.92. The monoisotopic (exact) mass is 334 g/mol. The summed E-state index contributed by atoms with van der Waals surface area (Å²) in [7, 11) is 0. The molecule has 0 spiro atoms. The average Bonchev–Trinajstić information content (AvgIpc) is 3.28. The molecule has 25 heavy (non-hydrogen) atoms. The van der Waals surface area contributed by atoms with Gasteiger partial charge in [-0.2, -0.15) is 0 Å². The van der Waals surface area contributed by atoms with Gasteiger partial charge in [0.05, 0.1) is 5.69 Å². The Hall–Kier alpha value is -2.82. The minimum atomic E-state index is 0.237. The van der Waals surface area contributed by atoms with Crippen LogP contribution < -0.4 is 5.32 Å². The Balaban J connectivity index is 1.31. The highest BCUT2D eigenvalue weighted by Gasteiger charge is 2.25. The molecule has 0 saturated carbocycles. The molecule has 3 heterocycles. The first-order chi connectivity index (χ1) is 12.3. The van der Waals surface area contributed by atoms with Gasteiger partial charge in [-0.05, 0) is 36.6 Å². The molecule has 1 atom stereocenters. The Morgan fingerprint density at radius 3 is 3.08 bits per heavy atom. The zero-order chi connectivity index (χ0) is 17.1. The van der Waals surface area contributed by atoms with E-state index in [1.54, 1.807) is 6.20 Å². The van der Waals surface area contributed by atoms with Gasteiger partial charge in [-0.25, -0.2) is 0 Å². The second kappa shape index (κ2) is 6.97. The molecule has 0 aliphatic carbocycles. The maximum absolute atomic E-state index is 12.6. The summed E-state index contributed by atoms with van der Waals surface area (Å²) in [4.78, 5) is 21.9. The highest BCUT2D eigenvalue weighted by molar-refractivity contribution is 5.84. The number of hydrogen-bond donors (Lipinski definition) is 2. The normalized spacial score (nSPS) is 17.1. The third-order valence-corrected chi connectivity index (χ3v) is 4.86. The molecule has 5 nitrogen and oxygen atoms in total. The van der Waals surface area contributed by atoms with Crippen molar-refractivity contribution >= 4 is 22.5 Å². The maximum atomic E-state index is 12.6. The molecule has 1 amide bonds. The van der Waals surface area contributed by atoms with E-state index in [0.717, 1.165) is 37.1 Å². The number of H-pyrrole nitrogens is 1. The van der Waals surface area contributed by atoms with Crippen LogP contribution in [0.5, 0.6) is 0 Å². The number of aromatic nitrogens is 2. The van der Waals surface area contributed by atoms with Crippen molar-refractivity contribution in [2.75, 3.05) is 18.4 Å². The van der Waals surface area contributed by atoms with Crippen LogP contribution in [0, 0.1) is 0 Å². The number of hydrogen-bond acceptors (Lipinski definition) is 3. The number of aromatic amines is 1. The number of nitrogens with one attached hydrogen (secondary N) is 2. The molecule has 0 unspecified atom stereocenters. The number of aryl methyl sites for hydroxylation is 1. The van der Waals surface area contributed by atoms with Crippen LogP contribution in [0.4, 0.5) is 5.69 Å². The summed E-state index contributed by atoms with van der Waals surface area (Å²) in [5.41, 5.74) is 3.36. The van der Waals surface area contributed by atoms with Gasteiger partial charge in [-0.1, -0.05) is 18.2 Å². The lowest BCUT2D eigenvalue weighted by molar-refractivity contribution is -0.130. The first-order valence-corrected chi connectivity index (χ1v) is 8.79. The Morgan fingerprint density at radius 1 is 1.28 bits per heavy atom. The zero-order valence-electron chi connectivity index (χ0n) is 14.1. The van der Waals surface area contributed by atoms with Crippen LogP contribution in [0.2, 0.25) is 0 Å². The number of likely N-dealkylation sites (tertiary alicyclic amines) is 1. The van der Waals surface area contributed by atoms with E-state index in [-0.39, 0.29) is 5.91 Å². The number of carbonyl (C=O) groups is 1. The minimum Gasteiger partial charge on any atom is -0.379 e. The van der Waals surface area contributed by atoms with Crippen LogP contribution >= 0.6 is 0 Å². The van der Waals surface area contributed by atoms with Crippen LogP contribution in [0.1, 0.15) is 18.4 Å². The van der Waals surface area contributed by atoms with Crippen LogP contribution in [0.25, 0.3) is 10.9 Å². The SMILES string of the molecule is O=C(CCc1c[nH]c2ccccc12)N1CC[C@@H](Nc2cccnc2)C1. The van der Waals surface area contributed by atoms with Crippen molar-refractivity contribution in [1.29, 1.82) is 0 Å². The number of nitrogens with zero attached hydrogens (tertiary/aromatic N) is 2. The van der Waals surface area contributed by atoms with Gasteiger partial charge in [0.1, 0.15) is 0 Å². The predicted octanol–water partition coefficient (Wildman–Crippen LogP) is 3.21. The topological polar surface area (TPSA) is 61.0 Å². The number of fused-ring (bicyclic) bond motifs is 1. The van der Waals surface area contributed by atoms with Gasteiger partial charge >= 0.3 is 0 Å². The van der Waals surface area contributed by atoms with E-state index in [4.69, 9.17) is 0 Å². The fourth-order valence-electron chi connectivity index (χ4n) is 3.53. The van der Waals surface area contributed by atoms with Crippen molar-refractivity contribution in [1.82, 2.24) is 14.9 Å². The van der Waals surface area contributed by atoms with E-state index >= 15 is 0 Å². The highest BCUT2D eigenvalue weighted by Crippen LogP contribution is 2.20. The van der Waals surface area contributed by atoms with Crippen molar-refractivity contribution in [3.8, 4) is 0 Å². The van der Waals surface area contributed by atoms with Gasteiger partial charge in [-0.3, -0.25) is 9.78 Å². The number of rotatable bonds is 5. The van der Waals surface area contributed by atoms with Gasteiger partial charge in [0, 0.05) is 55.0 Å². The van der Waals surface area contributed by atoms with Crippen molar-refractivity contribution < 1.29 is 4.79 Å². The van der Waals surface area contributed by atoms with E-state index in [9.17, 15) is 4.79 Å². The molecule has 128 valence electrons. The van der Waals surface area contributed by atoms with E-state index < -0.39 is 0 Å². The van der Waals surface area contributed by atoms with E-state index in [1.165, 1.54) is 10.9 Å². The molecular formula is C20H22N4O. The summed E-state index contributed by atoms with van der Waals surface area (Å²) in [6.45, 7) is 1.59. The molecule has 5 heteroatoms. The van der Waals surface area contributed by atoms with Gasteiger partial charge in [0.15, 0.2) is 0 Å². The fraction of sp³-hybridized carbons (Fsp3) is 0.300. The highest BCUT2D eigenvalue weighted by atomic mass is 16.2. The molecular weight excluding hydrogens is 312 g/mol. The number of pyridine rings is 1. The zero-order valence-corrected chi connectivity index (χ0v) is 14.1. The smallest absolute Gasteiger partial charge is 0.222 e. The molecule has 3 aromatic rings. The Morgan fingerprint density at radius 2 is 2.20 bits per heavy atom. The van der Waals surface area contributed by atoms with E-state index in [2.05, 4.69) is 27.4 Å². The molecule has 1 aromatic carbocycles. The van der Waals surface area contributed by atoms with Crippen LogP contribution in [-0.4, -0.2) is 39.9 Å². The lowest BCUT2D eigenvalue weighted by Gasteiger charge is -2.17. The lowest BCUT2D eigenvalue weighted by Crippen LogP contribution is -2.31. The number of benzene rings is 1. The van der Waals surface area contributed by atoms with Crippen molar-refractivity contribution in [2.24, 2.45) is 0 Å². The van der Waals surface area contributed by atoms with Crippen LogP contribution in [0.15, 0.2) is 55.0 Å². The molecule has 0 radical (unpaired) electrons. The van der Waals surface area contributed by atoms with Gasteiger partial charge < -0.3 is 15.2 Å². The molecule has 1 saturated heterocycles. The quantitative estimate of drug-likeness (QED) is 0.753. The molecule has 1 fully saturated rings. The van der Waals surface area contributed by atoms with E-state index in [0.29, 0.717) is 12.5 Å². The third kappa shape index (κ3) is 3.50. The largest absolute Gasteiger partial charge is 0.379 e. The lowest BCUT2D eigenvalue weighted by atomic mass is 10.1. The summed E-state index contributed by atoms with van der Waals surface area (Å²) in [5.74, 6) is 0.237. The van der Waals surface area contributed by atoms with E-state index in [1.807, 2.05) is 41.6 Å². The summed E-state index contributed by atoms with van der Waals surface area (Å²) in [5, 5.41) is 4.67. The summed E-state index contributed by atoms with van der Waals surface area (Å²) in [6, 6.07) is 12.5. The Labute approximate surface area is 147 Å². The molecule has 4 rings (SSSR count). The average molecular weight is 334 g/mol. The fourth-order valence-corrected chi connectivity index (χ4v) is 3.53. The maximum Gasteiger partial charge on any atom is 0.222 e. The van der Waals surface area contributed by atoms with Crippen molar-refractivity contribution in [3.63, 3.8) is 0 Å². The van der Waals surface area contributed by atoms with Crippen molar-refractivity contribution in [2.45, 2.75) is 25.3 Å². The summed E-state index contributed by atoms with van der Waals surface area (Å²) < 4.78 is 0. The second-order valence-corrected chi connectivity index (χ2v) is 6.57. The van der Waals surface area contributed by atoms with Crippen LogP contribution in [-0.2, 0) is 11.2 Å². The predicted molar refractivity (Wildman–Crippen MR) is 99.5 cm³/mol. The molecule has 1 aliphatic heterocycles. The number of anilines is 1. The molecule has 2 N–H and O–H groups in total. The third-order valence-electron chi connectivity index (χ3n) is 4.86. The van der Waals surface area contributed by atoms with Gasteiger partial charge in [0.2, 0.25) is 5.91 Å². The van der Waals surface area contributed by atoms with Gasteiger partial charge in [0.25, 0.3) is 0 Å². The molecule has 0 bridgehead atoms. The Kier molecular flexibility index (Phi) is 4.37. The first kappa shape index (κ1) is 15.7. The second-order valence-electron chi connectivity index (χ2n) is 6.57. The Bertz CT molecular complexity index is 858. The first-order valence-electron chi connectivity index (χ1n) is 8.79.